The highest BCUT2D eigenvalue weighted by molar-refractivity contribution is 5.85. The summed E-state index contributed by atoms with van der Waals surface area (Å²) in [5.74, 6) is 0. The first-order valence-electron chi connectivity index (χ1n) is 7.82. The van der Waals surface area contributed by atoms with E-state index in [1.54, 1.807) is 16.7 Å². The van der Waals surface area contributed by atoms with Gasteiger partial charge in [-0.3, -0.25) is 0 Å². The van der Waals surface area contributed by atoms with E-state index in [-0.39, 0.29) is 0 Å². The summed E-state index contributed by atoms with van der Waals surface area (Å²) in [6, 6.07) is 0. The van der Waals surface area contributed by atoms with Crippen molar-refractivity contribution in [2.24, 2.45) is 0 Å². The first kappa shape index (κ1) is 10.9. The molecule has 0 aliphatic carbocycles. The monoisotopic (exact) mass is 246 g/mol. The number of nitrogens with zero attached hydrogens (tertiary/aromatic N) is 3. The van der Waals surface area contributed by atoms with Crippen molar-refractivity contribution >= 4 is 11.4 Å². The minimum absolute atomic E-state index is 1.30. The quantitative estimate of drug-likeness (QED) is 0.728. The molecular formula is C15H24N3+. The summed E-state index contributed by atoms with van der Waals surface area (Å²) in [4.78, 5) is 5.31. The molecular weight excluding hydrogens is 222 g/mol. The van der Waals surface area contributed by atoms with Gasteiger partial charge in [-0.1, -0.05) is 0 Å². The zero-order valence-electron chi connectivity index (χ0n) is 11.3. The lowest BCUT2D eigenvalue weighted by atomic mass is 10.4. The molecule has 0 bridgehead atoms. The number of rotatable bonds is 2. The SMILES string of the molecule is C1CCN(c2c(N3CCCC3)c2=[N+]2CCCC2)C1. The molecule has 1 aromatic rings. The van der Waals surface area contributed by atoms with Crippen molar-refractivity contribution in [3.05, 3.63) is 5.36 Å². The lowest BCUT2D eigenvalue weighted by molar-refractivity contribution is 0.704. The van der Waals surface area contributed by atoms with Gasteiger partial charge in [0.15, 0.2) is 0 Å². The molecule has 1 aromatic carbocycles. The molecule has 3 fully saturated rings. The predicted molar refractivity (Wildman–Crippen MR) is 75.9 cm³/mol. The van der Waals surface area contributed by atoms with Crippen LogP contribution in [0.25, 0.3) is 0 Å². The lowest BCUT2D eigenvalue weighted by Crippen LogP contribution is -2.25. The Hall–Kier alpha value is -0.990. The Morgan fingerprint density at radius 2 is 1.06 bits per heavy atom. The van der Waals surface area contributed by atoms with Crippen LogP contribution in [0.1, 0.15) is 38.5 Å². The van der Waals surface area contributed by atoms with Crippen molar-refractivity contribution in [3.8, 4) is 0 Å². The van der Waals surface area contributed by atoms with Crippen LogP contribution in [-0.2, 0) is 0 Å². The Kier molecular flexibility index (Phi) is 2.59. The Bertz CT molecular complexity index is 416. The summed E-state index contributed by atoms with van der Waals surface area (Å²) < 4.78 is 2.65. The molecule has 0 spiro atoms. The molecule has 3 aliphatic rings. The van der Waals surface area contributed by atoms with Crippen molar-refractivity contribution in [1.29, 1.82) is 0 Å². The van der Waals surface area contributed by atoms with Gasteiger partial charge in [-0.2, -0.15) is 0 Å². The van der Waals surface area contributed by atoms with Gasteiger partial charge in [0.2, 0.25) is 0 Å². The second-order valence-corrected chi connectivity index (χ2v) is 6.13. The van der Waals surface area contributed by atoms with Crippen molar-refractivity contribution in [2.75, 3.05) is 49.1 Å². The molecule has 3 nitrogen and oxygen atoms in total. The summed E-state index contributed by atoms with van der Waals surface area (Å²) in [6.07, 6.45) is 8.36. The average molecular weight is 246 g/mol. The van der Waals surface area contributed by atoms with Crippen LogP contribution in [-0.4, -0.2) is 39.3 Å². The molecule has 98 valence electrons. The lowest BCUT2D eigenvalue weighted by Gasteiger charge is -2.14. The van der Waals surface area contributed by atoms with Gasteiger partial charge in [-0.15, -0.1) is 0 Å². The number of hydrogen-bond donors (Lipinski definition) is 0. The van der Waals surface area contributed by atoms with E-state index in [0.29, 0.717) is 0 Å². The molecule has 0 N–H and O–H groups in total. The van der Waals surface area contributed by atoms with E-state index in [4.69, 9.17) is 0 Å². The van der Waals surface area contributed by atoms with Gasteiger partial charge < -0.3 is 9.80 Å². The normalized spacial score (nSPS) is 25.0. The molecule has 0 saturated carbocycles. The second-order valence-electron chi connectivity index (χ2n) is 6.13. The fourth-order valence-electron chi connectivity index (χ4n) is 3.88. The highest BCUT2D eigenvalue weighted by atomic mass is 15.3. The van der Waals surface area contributed by atoms with Crippen LogP contribution in [0, 0.1) is 0 Å². The number of hydrogen-bond acceptors (Lipinski definition) is 2. The predicted octanol–water partition coefficient (Wildman–Crippen LogP) is 1.33. The molecule has 4 rings (SSSR count). The van der Waals surface area contributed by atoms with Crippen molar-refractivity contribution in [1.82, 2.24) is 4.58 Å². The summed E-state index contributed by atoms with van der Waals surface area (Å²) in [5, 5.41) is 1.64. The summed E-state index contributed by atoms with van der Waals surface area (Å²) in [5.41, 5.74) is 3.27. The largest absolute Gasteiger partial charge is 0.364 e. The van der Waals surface area contributed by atoms with E-state index in [9.17, 15) is 0 Å². The van der Waals surface area contributed by atoms with E-state index < -0.39 is 0 Å². The van der Waals surface area contributed by atoms with Gasteiger partial charge in [0.25, 0.3) is 5.36 Å². The highest BCUT2D eigenvalue weighted by Gasteiger charge is 2.39. The molecule has 18 heavy (non-hydrogen) atoms. The maximum atomic E-state index is 2.65. The molecule has 3 heteroatoms. The van der Waals surface area contributed by atoms with Crippen molar-refractivity contribution in [3.63, 3.8) is 0 Å². The molecule has 0 radical (unpaired) electrons. The van der Waals surface area contributed by atoms with Gasteiger partial charge in [-0.05, 0) is 25.7 Å². The van der Waals surface area contributed by atoms with Crippen LogP contribution in [0.5, 0.6) is 0 Å². The Morgan fingerprint density at radius 3 is 1.50 bits per heavy atom. The Labute approximate surface area is 109 Å². The van der Waals surface area contributed by atoms with Crippen molar-refractivity contribution in [2.45, 2.75) is 38.5 Å². The molecule has 3 heterocycles. The average Bonchev–Trinajstić information content (AvgIpc) is 3.00. The molecule has 0 unspecified atom stereocenters. The minimum Gasteiger partial charge on any atom is -0.364 e. The molecule has 3 saturated heterocycles. The van der Waals surface area contributed by atoms with Crippen LogP contribution >= 0.6 is 0 Å². The van der Waals surface area contributed by atoms with E-state index in [1.807, 2.05) is 0 Å². The van der Waals surface area contributed by atoms with Gasteiger partial charge in [-0.25, -0.2) is 4.58 Å². The molecule has 0 amide bonds. The van der Waals surface area contributed by atoms with Gasteiger partial charge >= 0.3 is 0 Å². The topological polar surface area (TPSA) is 9.49 Å². The standard InChI is InChI=1S/C15H24N3/c1-2-8-16(7-1)13-14(17-9-3-4-10-17)15(13)18-11-5-6-12-18/h1-12H2/q+1. The summed E-state index contributed by atoms with van der Waals surface area (Å²) in [6.45, 7) is 7.77. The fourth-order valence-corrected chi connectivity index (χ4v) is 3.88. The van der Waals surface area contributed by atoms with Crippen LogP contribution < -0.4 is 19.7 Å². The zero-order chi connectivity index (χ0) is 11.9. The maximum absolute atomic E-state index is 2.65. The van der Waals surface area contributed by atoms with E-state index in [2.05, 4.69) is 14.4 Å². The van der Waals surface area contributed by atoms with Crippen LogP contribution in [0.2, 0.25) is 0 Å². The third-order valence-electron chi connectivity index (χ3n) is 4.88. The Balaban J connectivity index is 1.69. The van der Waals surface area contributed by atoms with E-state index in [0.717, 1.165) is 0 Å². The van der Waals surface area contributed by atoms with Crippen molar-refractivity contribution < 1.29 is 0 Å². The summed E-state index contributed by atoms with van der Waals surface area (Å²) >= 11 is 0. The maximum Gasteiger partial charge on any atom is 0.252 e. The zero-order valence-corrected chi connectivity index (χ0v) is 11.3. The van der Waals surface area contributed by atoms with E-state index in [1.165, 1.54) is 77.8 Å². The first-order chi connectivity index (χ1) is 8.95. The molecule has 0 atom stereocenters. The fraction of sp³-hybridized carbons (Fsp3) is 0.800. The third kappa shape index (κ3) is 1.67. The van der Waals surface area contributed by atoms with Gasteiger partial charge in [0, 0.05) is 39.0 Å². The van der Waals surface area contributed by atoms with Crippen LogP contribution in [0.15, 0.2) is 0 Å². The van der Waals surface area contributed by atoms with E-state index >= 15 is 0 Å². The van der Waals surface area contributed by atoms with Crippen LogP contribution in [0.4, 0.5) is 11.4 Å². The number of anilines is 2. The second kappa shape index (κ2) is 4.29. The molecule has 0 aromatic heterocycles. The van der Waals surface area contributed by atoms with Gasteiger partial charge in [0.1, 0.15) is 24.5 Å². The highest BCUT2D eigenvalue weighted by Crippen LogP contribution is 2.36. The third-order valence-corrected chi connectivity index (χ3v) is 4.88. The first-order valence-corrected chi connectivity index (χ1v) is 7.82. The molecule has 3 aliphatic heterocycles. The van der Waals surface area contributed by atoms with Gasteiger partial charge in [0.05, 0.1) is 0 Å². The van der Waals surface area contributed by atoms with Crippen LogP contribution in [0.3, 0.4) is 0 Å². The smallest absolute Gasteiger partial charge is 0.252 e. The minimum atomic E-state index is 1.30. The summed E-state index contributed by atoms with van der Waals surface area (Å²) in [7, 11) is 0. The Morgan fingerprint density at radius 1 is 0.611 bits per heavy atom.